The van der Waals surface area contributed by atoms with Gasteiger partial charge in [0.15, 0.2) is 0 Å². The Bertz CT molecular complexity index is 660. The van der Waals surface area contributed by atoms with Gasteiger partial charge in [0, 0.05) is 6.92 Å². The molecule has 0 aliphatic carbocycles. The maximum atomic E-state index is 6.10. The van der Waals surface area contributed by atoms with Gasteiger partial charge in [-0.15, -0.1) is 0 Å². The van der Waals surface area contributed by atoms with Crippen LogP contribution >= 0.6 is 0 Å². The van der Waals surface area contributed by atoms with Crippen molar-refractivity contribution in [1.82, 2.24) is 0 Å². The van der Waals surface area contributed by atoms with Crippen LogP contribution in [0.25, 0.3) is 0 Å². The molecular formula is C32H54O3. The molecule has 0 spiro atoms. The van der Waals surface area contributed by atoms with E-state index in [0.29, 0.717) is 19.8 Å². The zero-order valence-corrected chi connectivity index (χ0v) is 24.6. The predicted molar refractivity (Wildman–Crippen MR) is 154 cm³/mol. The van der Waals surface area contributed by atoms with E-state index in [1.807, 2.05) is 6.92 Å². The molecule has 0 atom stereocenters. The molecule has 35 heavy (non-hydrogen) atoms. The quantitative estimate of drug-likeness (QED) is 0.142. The molecule has 0 saturated carbocycles. The minimum atomic E-state index is -1.09. The van der Waals surface area contributed by atoms with E-state index in [9.17, 15) is 0 Å². The Balaban J connectivity index is 5.00. The fourth-order valence-electron chi connectivity index (χ4n) is 3.20. The van der Waals surface area contributed by atoms with Crippen molar-refractivity contribution in [2.75, 3.05) is 19.8 Å². The summed E-state index contributed by atoms with van der Waals surface area (Å²) in [6.45, 7) is 22.5. The molecule has 0 aliphatic heterocycles. The van der Waals surface area contributed by atoms with Gasteiger partial charge < -0.3 is 14.2 Å². The largest absolute Gasteiger partial charge is 0.323 e. The third-order valence-electron chi connectivity index (χ3n) is 5.61. The highest BCUT2D eigenvalue weighted by Gasteiger charge is 2.26. The summed E-state index contributed by atoms with van der Waals surface area (Å²) in [5.41, 5.74) is 8.02. The first-order chi connectivity index (χ1) is 16.4. The summed E-state index contributed by atoms with van der Waals surface area (Å²) in [5.74, 6) is -1.09. The molecule has 3 heteroatoms. The standard InChI is InChI=1S/C32H54O3/c1-26(2)14-11-17-29(7)20-23-33-32(10,34-24-21-30(8)18-12-15-27(3)4)35-25-22-31(9)19-13-16-28(5)6/h14-16,20-22H,11-13,17-19,23-25H2,1-10H3. The van der Waals surface area contributed by atoms with Crippen molar-refractivity contribution in [2.24, 2.45) is 0 Å². The average Bonchev–Trinajstić information content (AvgIpc) is 2.73. The van der Waals surface area contributed by atoms with Gasteiger partial charge in [0.25, 0.3) is 5.97 Å². The summed E-state index contributed by atoms with van der Waals surface area (Å²) in [7, 11) is 0. The van der Waals surface area contributed by atoms with Crippen LogP contribution in [-0.4, -0.2) is 25.8 Å². The van der Waals surface area contributed by atoms with Crippen LogP contribution in [0.15, 0.2) is 69.9 Å². The second kappa shape index (κ2) is 19.5. The number of hydrogen-bond acceptors (Lipinski definition) is 3. The zero-order valence-electron chi connectivity index (χ0n) is 24.6. The van der Waals surface area contributed by atoms with Crippen LogP contribution in [0.2, 0.25) is 0 Å². The minimum absolute atomic E-state index is 0.462. The molecule has 0 fully saturated rings. The third kappa shape index (κ3) is 21.3. The highest BCUT2D eigenvalue weighted by molar-refractivity contribution is 5.04. The molecule has 0 heterocycles. The first kappa shape index (κ1) is 33.3. The highest BCUT2D eigenvalue weighted by Crippen LogP contribution is 2.18. The Hall–Kier alpha value is -1.68. The maximum Gasteiger partial charge on any atom is 0.280 e. The first-order valence-corrected chi connectivity index (χ1v) is 13.2. The second-order valence-corrected chi connectivity index (χ2v) is 10.4. The lowest BCUT2D eigenvalue weighted by Crippen LogP contribution is -2.36. The zero-order chi connectivity index (χ0) is 26.7. The van der Waals surface area contributed by atoms with Crippen LogP contribution in [0.4, 0.5) is 0 Å². The van der Waals surface area contributed by atoms with Crippen LogP contribution in [0, 0.1) is 0 Å². The molecule has 0 aliphatic rings. The van der Waals surface area contributed by atoms with Crippen LogP contribution in [0.1, 0.15) is 108 Å². The van der Waals surface area contributed by atoms with Gasteiger partial charge >= 0.3 is 0 Å². The normalized spacial score (nSPS) is 14.4. The molecule has 0 unspecified atom stereocenters. The van der Waals surface area contributed by atoms with Gasteiger partial charge in [0.2, 0.25) is 0 Å². The fraction of sp³-hybridized carbons (Fsp3) is 0.625. The highest BCUT2D eigenvalue weighted by atomic mass is 16.9. The SMILES string of the molecule is CC(C)=CCCC(C)=CCOC(C)(OCC=C(C)CCC=C(C)C)OCC=C(C)CCC=C(C)C. The van der Waals surface area contributed by atoms with Crippen molar-refractivity contribution in [3.05, 3.63) is 69.9 Å². The van der Waals surface area contributed by atoms with Crippen molar-refractivity contribution in [1.29, 1.82) is 0 Å². The monoisotopic (exact) mass is 486 g/mol. The van der Waals surface area contributed by atoms with Gasteiger partial charge in [0.1, 0.15) is 0 Å². The molecule has 200 valence electrons. The van der Waals surface area contributed by atoms with Crippen LogP contribution < -0.4 is 0 Å². The smallest absolute Gasteiger partial charge is 0.280 e. The van der Waals surface area contributed by atoms with E-state index >= 15 is 0 Å². The molecule has 0 aromatic heterocycles. The summed E-state index contributed by atoms with van der Waals surface area (Å²) < 4.78 is 18.3. The van der Waals surface area contributed by atoms with Gasteiger partial charge in [-0.1, -0.05) is 69.9 Å². The van der Waals surface area contributed by atoms with Crippen LogP contribution in [0.5, 0.6) is 0 Å². The molecule has 0 radical (unpaired) electrons. The van der Waals surface area contributed by atoms with Crippen molar-refractivity contribution in [3.8, 4) is 0 Å². The molecule has 0 N–H and O–H groups in total. The molecule has 3 nitrogen and oxygen atoms in total. The van der Waals surface area contributed by atoms with E-state index in [2.05, 4.69) is 98.8 Å². The van der Waals surface area contributed by atoms with Gasteiger partial charge in [0.05, 0.1) is 19.8 Å². The van der Waals surface area contributed by atoms with Crippen LogP contribution in [-0.2, 0) is 14.2 Å². The van der Waals surface area contributed by atoms with E-state index in [0.717, 1.165) is 38.5 Å². The Morgan fingerprint density at radius 2 is 0.714 bits per heavy atom. The van der Waals surface area contributed by atoms with Crippen molar-refractivity contribution >= 4 is 0 Å². The molecule has 0 amide bonds. The number of rotatable bonds is 18. The third-order valence-corrected chi connectivity index (χ3v) is 5.61. The Morgan fingerprint density at radius 1 is 0.457 bits per heavy atom. The first-order valence-electron chi connectivity index (χ1n) is 13.2. The molecular weight excluding hydrogens is 432 g/mol. The predicted octanol–water partition coefficient (Wildman–Crippen LogP) is 9.79. The molecule has 0 rings (SSSR count). The van der Waals surface area contributed by atoms with Gasteiger partial charge in [-0.2, -0.15) is 0 Å². The van der Waals surface area contributed by atoms with E-state index in [1.54, 1.807) is 0 Å². The number of hydrogen-bond donors (Lipinski definition) is 0. The van der Waals surface area contributed by atoms with E-state index in [1.165, 1.54) is 33.4 Å². The van der Waals surface area contributed by atoms with Crippen molar-refractivity contribution < 1.29 is 14.2 Å². The number of ether oxygens (including phenoxy) is 3. The average molecular weight is 487 g/mol. The molecule has 0 aromatic rings. The number of allylic oxidation sites excluding steroid dienone is 9. The van der Waals surface area contributed by atoms with Crippen molar-refractivity contribution in [3.63, 3.8) is 0 Å². The summed E-state index contributed by atoms with van der Waals surface area (Å²) in [6, 6.07) is 0. The lowest BCUT2D eigenvalue weighted by molar-refractivity contribution is -0.359. The van der Waals surface area contributed by atoms with E-state index in [4.69, 9.17) is 14.2 Å². The van der Waals surface area contributed by atoms with Crippen LogP contribution in [0.3, 0.4) is 0 Å². The maximum absolute atomic E-state index is 6.10. The Kier molecular flexibility index (Phi) is 18.6. The summed E-state index contributed by atoms with van der Waals surface area (Å²) in [5, 5.41) is 0. The topological polar surface area (TPSA) is 27.7 Å². The van der Waals surface area contributed by atoms with E-state index in [-0.39, 0.29) is 0 Å². The van der Waals surface area contributed by atoms with E-state index < -0.39 is 5.97 Å². The van der Waals surface area contributed by atoms with Gasteiger partial charge in [-0.05, 0) is 101 Å². The van der Waals surface area contributed by atoms with Gasteiger partial charge in [-0.25, -0.2) is 0 Å². The molecule has 0 bridgehead atoms. The molecule has 0 aromatic carbocycles. The summed E-state index contributed by atoms with van der Waals surface area (Å²) >= 11 is 0. The minimum Gasteiger partial charge on any atom is -0.323 e. The second-order valence-electron chi connectivity index (χ2n) is 10.4. The molecule has 0 saturated heterocycles. The Labute approximate surface area is 217 Å². The lowest BCUT2D eigenvalue weighted by atomic mass is 10.1. The summed E-state index contributed by atoms with van der Waals surface area (Å²) in [4.78, 5) is 0. The Morgan fingerprint density at radius 3 is 0.943 bits per heavy atom. The summed E-state index contributed by atoms with van der Waals surface area (Å²) in [6.07, 6.45) is 19.5. The lowest BCUT2D eigenvalue weighted by Gasteiger charge is -2.28. The van der Waals surface area contributed by atoms with Crippen molar-refractivity contribution in [2.45, 2.75) is 114 Å². The fourth-order valence-corrected chi connectivity index (χ4v) is 3.20. The van der Waals surface area contributed by atoms with Gasteiger partial charge in [-0.3, -0.25) is 0 Å².